The van der Waals surface area contributed by atoms with E-state index < -0.39 is 0 Å². The van der Waals surface area contributed by atoms with E-state index in [0.717, 1.165) is 30.7 Å². The van der Waals surface area contributed by atoms with Crippen LogP contribution >= 0.6 is 0 Å². The van der Waals surface area contributed by atoms with Gasteiger partial charge in [0.15, 0.2) is 0 Å². The first kappa shape index (κ1) is 19.8. The second-order valence-electron chi connectivity index (χ2n) is 8.02. The monoisotopic (exact) mass is 426 g/mol. The summed E-state index contributed by atoms with van der Waals surface area (Å²) in [6.45, 7) is 0.604. The Balaban J connectivity index is 1.51. The van der Waals surface area contributed by atoms with E-state index in [2.05, 4.69) is 32.4 Å². The maximum atomic E-state index is 12.3. The number of amides is 2. The van der Waals surface area contributed by atoms with E-state index in [9.17, 15) is 9.59 Å². The predicted octanol–water partition coefficient (Wildman–Crippen LogP) is 1.64. The molecule has 1 aromatic carbocycles. The number of nitrogens with one attached hydrogen (secondary N) is 2. The van der Waals surface area contributed by atoms with Crippen molar-refractivity contribution in [1.29, 1.82) is 0 Å². The topological polar surface area (TPSA) is 115 Å². The number of fused-ring (bicyclic) bond motifs is 1. The Morgan fingerprint density at radius 2 is 2.12 bits per heavy atom. The van der Waals surface area contributed by atoms with Crippen molar-refractivity contribution in [2.45, 2.75) is 25.3 Å². The van der Waals surface area contributed by atoms with Crippen molar-refractivity contribution < 1.29 is 9.59 Å². The Morgan fingerprint density at radius 1 is 1.28 bits per heavy atom. The van der Waals surface area contributed by atoms with Crippen LogP contribution in [0.15, 0.2) is 36.5 Å². The fourth-order valence-electron chi connectivity index (χ4n) is 3.82. The number of hydrogen-bond acceptors (Lipinski definition) is 5. The molecule has 1 saturated carbocycles. The minimum atomic E-state index is -0.0935. The molecular formula is C24H22N6O2. The zero-order chi connectivity index (χ0) is 22.2. The highest BCUT2D eigenvalue weighted by Gasteiger charge is 2.25. The maximum absolute atomic E-state index is 12.3. The van der Waals surface area contributed by atoms with Crippen molar-refractivity contribution in [2.24, 2.45) is 7.05 Å². The van der Waals surface area contributed by atoms with Crippen molar-refractivity contribution >= 4 is 17.8 Å². The minimum absolute atomic E-state index is 0.0830. The zero-order valence-electron chi connectivity index (χ0n) is 17.6. The third kappa shape index (κ3) is 3.81. The van der Waals surface area contributed by atoms with Gasteiger partial charge in [0.2, 0.25) is 5.95 Å². The van der Waals surface area contributed by atoms with Crippen LogP contribution in [0.25, 0.3) is 11.4 Å². The molecule has 32 heavy (non-hydrogen) atoms. The van der Waals surface area contributed by atoms with Crippen LogP contribution in [0.4, 0.5) is 5.95 Å². The van der Waals surface area contributed by atoms with E-state index in [-0.39, 0.29) is 17.8 Å². The van der Waals surface area contributed by atoms with Crippen LogP contribution in [0.1, 0.15) is 50.4 Å². The third-order valence-electron chi connectivity index (χ3n) is 5.68. The molecule has 1 aliphatic carbocycles. The molecule has 0 atom stereocenters. The summed E-state index contributed by atoms with van der Waals surface area (Å²) in [5.41, 5.74) is 10.7. The fourth-order valence-corrected chi connectivity index (χ4v) is 3.82. The molecule has 0 spiro atoms. The van der Waals surface area contributed by atoms with Crippen LogP contribution in [0, 0.1) is 11.8 Å². The summed E-state index contributed by atoms with van der Waals surface area (Å²) in [6.07, 6.45) is 4.40. The molecule has 2 aliphatic rings. The zero-order valence-corrected chi connectivity index (χ0v) is 17.6. The van der Waals surface area contributed by atoms with Crippen molar-refractivity contribution in [1.82, 2.24) is 25.2 Å². The summed E-state index contributed by atoms with van der Waals surface area (Å²) in [4.78, 5) is 33.1. The first-order valence-electron chi connectivity index (χ1n) is 10.5. The second kappa shape index (κ2) is 7.85. The molecule has 5 rings (SSSR count). The number of carbonyl (C=O) groups is 2. The Kier molecular flexibility index (Phi) is 4.86. The van der Waals surface area contributed by atoms with E-state index in [4.69, 9.17) is 5.73 Å². The number of anilines is 1. The molecule has 0 bridgehead atoms. The summed E-state index contributed by atoms with van der Waals surface area (Å²) in [5, 5.41) is 5.85. The minimum Gasteiger partial charge on any atom is -0.368 e. The van der Waals surface area contributed by atoms with Crippen LogP contribution < -0.4 is 16.4 Å². The predicted molar refractivity (Wildman–Crippen MR) is 120 cm³/mol. The van der Waals surface area contributed by atoms with Crippen LogP contribution in [0.3, 0.4) is 0 Å². The van der Waals surface area contributed by atoms with Gasteiger partial charge in [0.25, 0.3) is 11.8 Å². The number of rotatable bonds is 3. The lowest BCUT2D eigenvalue weighted by Gasteiger charge is -2.14. The van der Waals surface area contributed by atoms with Gasteiger partial charge in [0.1, 0.15) is 5.69 Å². The molecule has 0 unspecified atom stereocenters. The van der Waals surface area contributed by atoms with Gasteiger partial charge in [-0.25, -0.2) is 9.97 Å². The normalized spacial score (nSPS) is 14.7. The number of benzene rings is 1. The molecular weight excluding hydrogens is 404 g/mol. The summed E-state index contributed by atoms with van der Waals surface area (Å²) >= 11 is 0. The molecule has 3 aromatic rings. The Hall–Kier alpha value is -4.12. The third-order valence-corrected chi connectivity index (χ3v) is 5.68. The van der Waals surface area contributed by atoms with E-state index in [1.807, 2.05) is 29.8 Å². The molecule has 8 nitrogen and oxygen atoms in total. The van der Waals surface area contributed by atoms with Gasteiger partial charge in [-0.05, 0) is 37.1 Å². The lowest BCUT2D eigenvalue weighted by Crippen LogP contribution is -2.31. The van der Waals surface area contributed by atoms with Crippen LogP contribution in [-0.4, -0.2) is 38.9 Å². The molecule has 2 aromatic heterocycles. The van der Waals surface area contributed by atoms with Crippen LogP contribution in [0.2, 0.25) is 0 Å². The first-order valence-corrected chi connectivity index (χ1v) is 10.5. The second-order valence-corrected chi connectivity index (χ2v) is 8.02. The SMILES string of the molecule is Cn1c(-c2nc(N)ncc2C#Cc2cccc(C(=O)NC3CC3)c2)cc2c1CCNC2=O. The summed E-state index contributed by atoms with van der Waals surface area (Å²) in [7, 11) is 1.91. The molecule has 0 radical (unpaired) electrons. The number of nitrogen functional groups attached to an aromatic ring is 1. The lowest BCUT2D eigenvalue weighted by atomic mass is 10.1. The fraction of sp³-hybridized carbons (Fsp3) is 0.250. The Morgan fingerprint density at radius 3 is 2.91 bits per heavy atom. The number of carbonyl (C=O) groups excluding carboxylic acids is 2. The molecule has 1 aliphatic heterocycles. The van der Waals surface area contributed by atoms with Crippen molar-refractivity contribution in [3.63, 3.8) is 0 Å². The number of aromatic nitrogens is 3. The highest BCUT2D eigenvalue weighted by atomic mass is 16.2. The van der Waals surface area contributed by atoms with Crippen LogP contribution in [-0.2, 0) is 13.5 Å². The quantitative estimate of drug-likeness (QED) is 0.551. The summed E-state index contributed by atoms with van der Waals surface area (Å²) < 4.78 is 1.96. The number of nitrogens with two attached hydrogens (primary N) is 1. The lowest BCUT2D eigenvalue weighted by molar-refractivity contribution is 0.0939. The van der Waals surface area contributed by atoms with Crippen molar-refractivity contribution in [3.8, 4) is 23.2 Å². The number of nitrogens with zero attached hydrogens (tertiary/aromatic N) is 3. The van der Waals surface area contributed by atoms with Crippen molar-refractivity contribution in [3.05, 3.63) is 64.5 Å². The average molecular weight is 426 g/mol. The van der Waals surface area contributed by atoms with Gasteiger partial charge in [-0.3, -0.25) is 9.59 Å². The molecule has 2 amide bonds. The highest BCUT2D eigenvalue weighted by molar-refractivity contribution is 5.98. The standard InChI is InChI=1S/C24H22N6O2/c1-30-19-9-10-26-23(32)18(19)12-20(30)21-16(13-27-24(25)29-21)6-5-14-3-2-4-15(11-14)22(31)28-17-7-8-17/h2-4,11-13,17H,7-10H2,1H3,(H,26,32)(H,28,31)(H2,25,27,29). The number of hydrogen-bond donors (Lipinski definition) is 3. The van der Waals surface area contributed by atoms with Gasteiger partial charge < -0.3 is 20.9 Å². The molecule has 160 valence electrons. The van der Waals surface area contributed by atoms with Crippen LogP contribution in [0.5, 0.6) is 0 Å². The van der Waals surface area contributed by atoms with Gasteiger partial charge in [-0.2, -0.15) is 0 Å². The van der Waals surface area contributed by atoms with Gasteiger partial charge in [-0.15, -0.1) is 0 Å². The summed E-state index contributed by atoms with van der Waals surface area (Å²) in [6, 6.07) is 9.33. The van der Waals surface area contributed by atoms with Crippen molar-refractivity contribution in [2.75, 3.05) is 12.3 Å². The molecule has 1 fully saturated rings. The molecule has 3 heterocycles. The van der Waals surface area contributed by atoms with E-state index in [1.54, 1.807) is 18.3 Å². The van der Waals surface area contributed by atoms with Gasteiger partial charge in [0.05, 0.1) is 16.8 Å². The van der Waals surface area contributed by atoms with Gasteiger partial charge in [-0.1, -0.05) is 17.9 Å². The Bertz CT molecular complexity index is 1310. The average Bonchev–Trinajstić information content (AvgIpc) is 3.54. The molecule has 8 heteroatoms. The maximum Gasteiger partial charge on any atom is 0.253 e. The molecule has 4 N–H and O–H groups in total. The van der Waals surface area contributed by atoms with E-state index in [0.29, 0.717) is 40.5 Å². The van der Waals surface area contributed by atoms with Gasteiger partial charge >= 0.3 is 0 Å². The smallest absolute Gasteiger partial charge is 0.253 e. The highest BCUT2D eigenvalue weighted by Crippen LogP contribution is 2.28. The first-order chi connectivity index (χ1) is 15.5. The van der Waals surface area contributed by atoms with E-state index >= 15 is 0 Å². The Labute approximate surface area is 185 Å². The van der Waals surface area contributed by atoms with E-state index in [1.165, 1.54) is 0 Å². The van der Waals surface area contributed by atoms with Gasteiger partial charge in [0, 0.05) is 49.1 Å². The summed E-state index contributed by atoms with van der Waals surface area (Å²) in [5.74, 6) is 6.18. The molecule has 0 saturated heterocycles. The largest absolute Gasteiger partial charge is 0.368 e.